The largest absolute Gasteiger partial charge is 0.508 e. The van der Waals surface area contributed by atoms with Crippen LogP contribution in [0.25, 0.3) is 0 Å². The predicted octanol–water partition coefficient (Wildman–Crippen LogP) is 5.60. The van der Waals surface area contributed by atoms with Crippen LogP contribution in [0.5, 0.6) is 11.5 Å². The van der Waals surface area contributed by atoms with E-state index in [1.165, 1.54) is 18.6 Å². The quantitative estimate of drug-likeness (QED) is 0.757. The minimum absolute atomic E-state index is 0.00158. The zero-order valence-electron chi connectivity index (χ0n) is 14.0. The van der Waals surface area contributed by atoms with Crippen molar-refractivity contribution in [3.8, 4) is 11.5 Å². The van der Waals surface area contributed by atoms with Crippen molar-refractivity contribution in [3.05, 3.63) is 35.4 Å². The second-order valence-electron chi connectivity index (χ2n) is 7.18. The van der Waals surface area contributed by atoms with Crippen LogP contribution < -0.4 is 0 Å². The van der Waals surface area contributed by atoms with E-state index in [2.05, 4.69) is 20.8 Å². The van der Waals surface area contributed by atoms with Crippen molar-refractivity contribution in [1.29, 1.82) is 0 Å². The van der Waals surface area contributed by atoms with Crippen LogP contribution in [-0.4, -0.2) is 10.2 Å². The van der Waals surface area contributed by atoms with Gasteiger partial charge in [-0.05, 0) is 66.7 Å². The highest BCUT2D eigenvalue weighted by atomic mass is 19.3. The molecule has 3 unspecified atom stereocenters. The number of allylic oxidation sites excluding steroid dienone is 1. The van der Waals surface area contributed by atoms with Crippen molar-refractivity contribution >= 4 is 0 Å². The molecule has 1 fully saturated rings. The topological polar surface area (TPSA) is 40.5 Å². The van der Waals surface area contributed by atoms with Gasteiger partial charge in [-0.25, -0.2) is 0 Å². The number of hydrogen-bond donors (Lipinski definition) is 2. The van der Waals surface area contributed by atoms with Gasteiger partial charge in [-0.2, -0.15) is 8.78 Å². The van der Waals surface area contributed by atoms with E-state index < -0.39 is 6.08 Å². The predicted molar refractivity (Wildman–Crippen MR) is 87.9 cm³/mol. The van der Waals surface area contributed by atoms with Crippen molar-refractivity contribution in [3.63, 3.8) is 0 Å². The van der Waals surface area contributed by atoms with Gasteiger partial charge in [0.2, 0.25) is 0 Å². The van der Waals surface area contributed by atoms with E-state index in [-0.39, 0.29) is 23.8 Å². The number of halogens is 2. The smallest absolute Gasteiger partial charge is 0.266 e. The van der Waals surface area contributed by atoms with E-state index in [0.29, 0.717) is 28.9 Å². The van der Waals surface area contributed by atoms with Crippen molar-refractivity contribution in [2.24, 2.45) is 17.8 Å². The Kier molecular flexibility index (Phi) is 5.66. The Hall–Kier alpha value is -1.58. The molecule has 1 aromatic carbocycles. The molecular weight excluding hydrogens is 298 g/mol. The maximum atomic E-state index is 12.2. The van der Waals surface area contributed by atoms with Gasteiger partial charge in [0.05, 0.1) is 0 Å². The molecular formula is C19H26F2O2. The standard InChI is InChI=1S/C19H26F2O2/c1-11(2)14-6-4-12(3)8-15(14)19-16(22)9-13(10-17(19)23)5-7-18(20)21/h7,9-12,14-15,22-23H,4-6,8H2,1-3H3. The fourth-order valence-corrected chi connectivity index (χ4v) is 3.91. The Morgan fingerprint density at radius 1 is 1.22 bits per heavy atom. The lowest BCUT2D eigenvalue weighted by Crippen LogP contribution is -2.26. The molecule has 23 heavy (non-hydrogen) atoms. The lowest BCUT2D eigenvalue weighted by Gasteiger charge is -2.38. The number of aromatic hydroxyl groups is 2. The number of benzene rings is 1. The van der Waals surface area contributed by atoms with Gasteiger partial charge in [-0.15, -0.1) is 0 Å². The van der Waals surface area contributed by atoms with E-state index in [1.54, 1.807) is 0 Å². The Labute approximate surface area is 136 Å². The van der Waals surface area contributed by atoms with Gasteiger partial charge in [0, 0.05) is 5.56 Å². The minimum atomic E-state index is -1.76. The first-order valence-corrected chi connectivity index (χ1v) is 8.35. The fraction of sp³-hybridized carbons (Fsp3) is 0.579. The normalized spacial score (nSPS) is 24.7. The van der Waals surface area contributed by atoms with Gasteiger partial charge in [0.1, 0.15) is 11.5 Å². The van der Waals surface area contributed by atoms with Crippen LogP contribution in [0, 0.1) is 17.8 Å². The lowest BCUT2D eigenvalue weighted by molar-refractivity contribution is 0.192. The summed E-state index contributed by atoms with van der Waals surface area (Å²) in [6, 6.07) is 3.01. The molecule has 0 saturated heterocycles. The highest BCUT2D eigenvalue weighted by molar-refractivity contribution is 5.49. The molecule has 0 aromatic heterocycles. The molecule has 1 aliphatic carbocycles. The molecule has 0 aliphatic heterocycles. The van der Waals surface area contributed by atoms with Gasteiger partial charge in [-0.1, -0.05) is 27.2 Å². The average molecular weight is 324 g/mol. The molecule has 0 heterocycles. The first-order valence-electron chi connectivity index (χ1n) is 8.35. The van der Waals surface area contributed by atoms with E-state index in [1.807, 2.05) is 0 Å². The van der Waals surface area contributed by atoms with E-state index in [9.17, 15) is 19.0 Å². The summed E-state index contributed by atoms with van der Waals surface area (Å²) in [5.74, 6) is 1.60. The second kappa shape index (κ2) is 7.33. The third-order valence-electron chi connectivity index (χ3n) is 5.08. The molecule has 0 amide bonds. The number of hydrogen-bond acceptors (Lipinski definition) is 2. The molecule has 2 rings (SSSR count). The van der Waals surface area contributed by atoms with Crippen LogP contribution in [0.1, 0.15) is 57.1 Å². The zero-order chi connectivity index (χ0) is 17.1. The zero-order valence-corrected chi connectivity index (χ0v) is 14.0. The summed E-state index contributed by atoms with van der Waals surface area (Å²) in [4.78, 5) is 0. The second-order valence-corrected chi connectivity index (χ2v) is 7.18. The molecule has 0 bridgehead atoms. The summed E-state index contributed by atoms with van der Waals surface area (Å²) in [6.07, 6.45) is 2.21. The molecule has 2 N–H and O–H groups in total. The van der Waals surface area contributed by atoms with E-state index >= 15 is 0 Å². The van der Waals surface area contributed by atoms with E-state index in [0.717, 1.165) is 18.9 Å². The summed E-state index contributed by atoms with van der Waals surface area (Å²) in [7, 11) is 0. The molecule has 1 saturated carbocycles. The molecule has 128 valence electrons. The third-order valence-corrected chi connectivity index (χ3v) is 5.08. The van der Waals surface area contributed by atoms with Crippen molar-refractivity contribution in [1.82, 2.24) is 0 Å². The monoisotopic (exact) mass is 324 g/mol. The van der Waals surface area contributed by atoms with Crippen LogP contribution in [0.4, 0.5) is 8.78 Å². The van der Waals surface area contributed by atoms with Gasteiger partial charge in [-0.3, -0.25) is 0 Å². The third kappa shape index (κ3) is 4.24. The van der Waals surface area contributed by atoms with Crippen molar-refractivity contribution in [2.75, 3.05) is 0 Å². The number of rotatable bonds is 4. The van der Waals surface area contributed by atoms with Gasteiger partial charge >= 0.3 is 0 Å². The lowest BCUT2D eigenvalue weighted by atomic mass is 9.67. The summed E-state index contributed by atoms with van der Waals surface area (Å²) < 4.78 is 24.4. The van der Waals surface area contributed by atoms with Crippen LogP contribution >= 0.6 is 0 Å². The molecule has 0 spiro atoms. The van der Waals surface area contributed by atoms with E-state index in [4.69, 9.17) is 0 Å². The maximum absolute atomic E-state index is 12.2. The minimum Gasteiger partial charge on any atom is -0.508 e. The fourth-order valence-electron chi connectivity index (χ4n) is 3.91. The van der Waals surface area contributed by atoms with Crippen LogP contribution in [-0.2, 0) is 6.42 Å². The molecule has 3 atom stereocenters. The van der Waals surface area contributed by atoms with Gasteiger partial charge in [0.25, 0.3) is 6.08 Å². The summed E-state index contributed by atoms with van der Waals surface area (Å²) in [5, 5.41) is 20.8. The van der Waals surface area contributed by atoms with Crippen molar-refractivity contribution in [2.45, 2.75) is 52.4 Å². The maximum Gasteiger partial charge on any atom is 0.266 e. The highest BCUT2D eigenvalue weighted by Gasteiger charge is 2.34. The molecule has 0 radical (unpaired) electrons. The molecule has 4 heteroatoms. The van der Waals surface area contributed by atoms with Crippen LogP contribution in [0.15, 0.2) is 24.3 Å². The Balaban J connectivity index is 2.35. The first-order chi connectivity index (χ1) is 10.8. The molecule has 2 nitrogen and oxygen atoms in total. The van der Waals surface area contributed by atoms with Gasteiger partial charge < -0.3 is 10.2 Å². The average Bonchev–Trinajstić information content (AvgIpc) is 2.44. The molecule has 1 aromatic rings. The Bertz CT molecular complexity index is 554. The Morgan fingerprint density at radius 3 is 2.35 bits per heavy atom. The van der Waals surface area contributed by atoms with Crippen molar-refractivity contribution < 1.29 is 19.0 Å². The highest BCUT2D eigenvalue weighted by Crippen LogP contribution is 2.49. The first kappa shape index (κ1) is 17.8. The summed E-state index contributed by atoms with van der Waals surface area (Å²) in [6.45, 7) is 6.54. The van der Waals surface area contributed by atoms with Crippen LogP contribution in [0.2, 0.25) is 0 Å². The summed E-state index contributed by atoms with van der Waals surface area (Å²) in [5.41, 5.74) is 1.07. The van der Waals surface area contributed by atoms with Crippen LogP contribution in [0.3, 0.4) is 0 Å². The number of phenolic OH excluding ortho intramolecular Hbond substituents is 2. The Morgan fingerprint density at radius 2 is 1.83 bits per heavy atom. The number of phenols is 2. The summed E-state index contributed by atoms with van der Waals surface area (Å²) >= 11 is 0. The van der Waals surface area contributed by atoms with Gasteiger partial charge in [0.15, 0.2) is 0 Å². The SMILES string of the molecule is CC1CCC(C(C)C)C(c2c(O)cc(CC=C(F)F)cc2O)C1. The molecule has 1 aliphatic rings.